The van der Waals surface area contributed by atoms with Gasteiger partial charge in [0.05, 0.1) is 5.69 Å². The Balaban J connectivity index is 1.89. The highest BCUT2D eigenvalue weighted by molar-refractivity contribution is 9.10. The highest BCUT2D eigenvalue weighted by Crippen LogP contribution is 2.31. The summed E-state index contributed by atoms with van der Waals surface area (Å²) in [5.41, 5.74) is 0.992. The largest absolute Gasteiger partial charge is 0.311 e. The van der Waals surface area contributed by atoms with E-state index >= 15 is 0 Å². The molecular formula is C10H10BrN3O2S3. The zero-order chi connectivity index (χ0) is 13.5. The number of thiophene rings is 1. The molecule has 1 aliphatic rings. The van der Waals surface area contributed by atoms with E-state index in [1.54, 1.807) is 11.4 Å². The van der Waals surface area contributed by atoms with Crippen LogP contribution in [0, 0.1) is 0 Å². The molecule has 2 aromatic rings. The lowest BCUT2D eigenvalue weighted by Crippen LogP contribution is -2.22. The summed E-state index contributed by atoms with van der Waals surface area (Å²) in [6, 6.07) is 1.72. The third kappa shape index (κ3) is 2.70. The van der Waals surface area contributed by atoms with Crippen LogP contribution in [-0.4, -0.2) is 19.9 Å². The van der Waals surface area contributed by atoms with Crippen molar-refractivity contribution in [2.24, 2.45) is 0 Å². The van der Waals surface area contributed by atoms with Gasteiger partial charge in [-0.2, -0.15) is 0 Å². The van der Waals surface area contributed by atoms with E-state index < -0.39 is 10.0 Å². The Morgan fingerprint density at radius 1 is 1.47 bits per heavy atom. The zero-order valence-electron chi connectivity index (χ0n) is 9.64. The van der Waals surface area contributed by atoms with E-state index in [1.165, 1.54) is 22.7 Å². The molecule has 0 fully saturated rings. The molecule has 0 aliphatic carbocycles. The molecule has 5 nitrogen and oxygen atoms in total. The summed E-state index contributed by atoms with van der Waals surface area (Å²) >= 11 is 5.81. The molecule has 3 heterocycles. The van der Waals surface area contributed by atoms with Gasteiger partial charge in [-0.1, -0.05) is 11.3 Å². The summed E-state index contributed by atoms with van der Waals surface area (Å²) in [4.78, 5) is 5.46. The lowest BCUT2D eigenvalue weighted by atomic mass is 10.2. The van der Waals surface area contributed by atoms with Gasteiger partial charge in [0, 0.05) is 28.9 Å². The molecule has 2 N–H and O–H groups in total. The molecule has 1 aliphatic heterocycles. The van der Waals surface area contributed by atoms with Crippen molar-refractivity contribution in [3.8, 4) is 0 Å². The Kier molecular flexibility index (Phi) is 3.65. The molecule has 0 aromatic carbocycles. The van der Waals surface area contributed by atoms with Gasteiger partial charge in [0.2, 0.25) is 0 Å². The third-order valence-electron chi connectivity index (χ3n) is 2.65. The number of aromatic nitrogens is 1. The number of fused-ring (bicyclic) bond motifs is 1. The minimum Gasteiger partial charge on any atom is -0.311 e. The zero-order valence-corrected chi connectivity index (χ0v) is 13.7. The number of halogens is 1. The SMILES string of the molecule is O=S(=O)(Nc1nc2c(s1)CNCC2)c1sccc1Br. The number of anilines is 1. The van der Waals surface area contributed by atoms with Gasteiger partial charge in [-0.15, -0.1) is 11.3 Å². The van der Waals surface area contributed by atoms with Crippen molar-refractivity contribution in [1.29, 1.82) is 0 Å². The second-order valence-corrected chi connectivity index (χ2v) is 8.71. The highest BCUT2D eigenvalue weighted by Gasteiger charge is 2.22. The number of thiazole rings is 1. The molecule has 0 saturated carbocycles. The first-order valence-electron chi connectivity index (χ1n) is 5.51. The Morgan fingerprint density at radius 2 is 2.32 bits per heavy atom. The number of rotatable bonds is 3. The normalized spacial score (nSPS) is 15.2. The number of hydrogen-bond acceptors (Lipinski definition) is 6. The van der Waals surface area contributed by atoms with Gasteiger partial charge in [-0.25, -0.2) is 13.4 Å². The van der Waals surface area contributed by atoms with E-state index in [9.17, 15) is 8.42 Å². The molecule has 0 spiro atoms. The van der Waals surface area contributed by atoms with Crippen LogP contribution in [0.1, 0.15) is 10.6 Å². The minimum atomic E-state index is -3.55. The van der Waals surface area contributed by atoms with Crippen molar-refractivity contribution < 1.29 is 8.42 Å². The van der Waals surface area contributed by atoms with Crippen LogP contribution < -0.4 is 10.0 Å². The molecule has 0 atom stereocenters. The van der Waals surface area contributed by atoms with Crippen molar-refractivity contribution in [3.63, 3.8) is 0 Å². The smallest absolute Gasteiger partial charge is 0.274 e. The predicted molar refractivity (Wildman–Crippen MR) is 80.4 cm³/mol. The molecule has 0 bridgehead atoms. The van der Waals surface area contributed by atoms with Crippen LogP contribution in [0.2, 0.25) is 0 Å². The van der Waals surface area contributed by atoms with Gasteiger partial charge in [0.1, 0.15) is 0 Å². The van der Waals surface area contributed by atoms with E-state index in [1.807, 2.05) is 0 Å². The Labute approximate surface area is 127 Å². The quantitative estimate of drug-likeness (QED) is 0.858. The standard InChI is InChI=1S/C10H10BrN3O2S3/c11-6-2-4-17-9(6)19(15,16)14-10-13-7-1-3-12-5-8(7)18-10/h2,4,12H,1,3,5H2,(H,13,14). The van der Waals surface area contributed by atoms with Gasteiger partial charge in [0.15, 0.2) is 9.34 Å². The van der Waals surface area contributed by atoms with Crippen LogP contribution in [0.4, 0.5) is 5.13 Å². The predicted octanol–water partition coefficient (Wildman–Crippen LogP) is 2.41. The maximum absolute atomic E-state index is 12.2. The van der Waals surface area contributed by atoms with E-state index in [0.717, 1.165) is 30.1 Å². The fraction of sp³-hybridized carbons (Fsp3) is 0.300. The molecule has 2 aromatic heterocycles. The van der Waals surface area contributed by atoms with Crippen molar-refractivity contribution in [2.45, 2.75) is 17.2 Å². The lowest BCUT2D eigenvalue weighted by molar-refractivity contribution is 0.602. The van der Waals surface area contributed by atoms with Crippen LogP contribution >= 0.6 is 38.6 Å². The van der Waals surface area contributed by atoms with Gasteiger partial charge in [-0.3, -0.25) is 4.72 Å². The van der Waals surface area contributed by atoms with Crippen molar-refractivity contribution in [2.75, 3.05) is 11.3 Å². The Morgan fingerprint density at radius 3 is 3.00 bits per heavy atom. The average Bonchev–Trinajstić information content (AvgIpc) is 2.93. The summed E-state index contributed by atoms with van der Waals surface area (Å²) < 4.78 is 27.8. The second-order valence-electron chi connectivity index (χ2n) is 3.98. The minimum absolute atomic E-state index is 0.277. The van der Waals surface area contributed by atoms with Crippen LogP contribution in [0.25, 0.3) is 0 Å². The van der Waals surface area contributed by atoms with E-state index in [2.05, 4.69) is 31.0 Å². The van der Waals surface area contributed by atoms with Gasteiger partial charge >= 0.3 is 0 Å². The van der Waals surface area contributed by atoms with Gasteiger partial charge < -0.3 is 5.32 Å². The highest BCUT2D eigenvalue weighted by atomic mass is 79.9. The first-order chi connectivity index (χ1) is 9.06. The summed E-state index contributed by atoms with van der Waals surface area (Å²) in [6.07, 6.45) is 0.844. The van der Waals surface area contributed by atoms with Crippen LogP contribution in [-0.2, 0) is 23.0 Å². The average molecular weight is 380 g/mol. The van der Waals surface area contributed by atoms with E-state index in [-0.39, 0.29) is 4.21 Å². The number of hydrogen-bond donors (Lipinski definition) is 2. The summed E-state index contributed by atoms with van der Waals surface area (Å²) in [5, 5.41) is 5.41. The third-order valence-corrected chi connectivity index (χ3v) is 7.80. The molecular weight excluding hydrogens is 370 g/mol. The van der Waals surface area contributed by atoms with Crippen LogP contribution in [0.5, 0.6) is 0 Å². The van der Waals surface area contributed by atoms with Crippen LogP contribution in [0.3, 0.4) is 0 Å². The first kappa shape index (κ1) is 13.5. The maximum atomic E-state index is 12.2. The summed E-state index contributed by atoms with van der Waals surface area (Å²) in [6.45, 7) is 1.65. The molecule has 19 heavy (non-hydrogen) atoms. The molecule has 0 amide bonds. The van der Waals surface area contributed by atoms with Crippen molar-refractivity contribution >= 4 is 53.8 Å². The Hall–Kier alpha value is -0.480. The van der Waals surface area contributed by atoms with E-state index in [4.69, 9.17) is 0 Å². The maximum Gasteiger partial charge on any atom is 0.274 e. The fourth-order valence-electron chi connectivity index (χ4n) is 1.80. The Bertz CT molecular complexity index is 684. The second kappa shape index (κ2) is 5.13. The molecule has 9 heteroatoms. The summed E-state index contributed by atoms with van der Waals surface area (Å²) in [7, 11) is -3.55. The molecule has 102 valence electrons. The number of sulfonamides is 1. The monoisotopic (exact) mass is 379 g/mol. The number of nitrogens with zero attached hydrogens (tertiary/aromatic N) is 1. The van der Waals surface area contributed by atoms with Crippen molar-refractivity contribution in [1.82, 2.24) is 10.3 Å². The van der Waals surface area contributed by atoms with Gasteiger partial charge in [0.25, 0.3) is 10.0 Å². The lowest BCUT2D eigenvalue weighted by Gasteiger charge is -2.09. The number of nitrogens with one attached hydrogen (secondary N) is 2. The topological polar surface area (TPSA) is 71.1 Å². The molecule has 0 saturated heterocycles. The van der Waals surface area contributed by atoms with E-state index in [0.29, 0.717) is 9.60 Å². The summed E-state index contributed by atoms with van der Waals surface area (Å²) in [5.74, 6) is 0. The van der Waals surface area contributed by atoms with Crippen LogP contribution in [0.15, 0.2) is 20.1 Å². The fourth-order valence-corrected chi connectivity index (χ4v) is 6.35. The van der Waals surface area contributed by atoms with Crippen molar-refractivity contribution in [3.05, 3.63) is 26.5 Å². The molecule has 3 rings (SSSR count). The van der Waals surface area contributed by atoms with Gasteiger partial charge in [-0.05, 0) is 27.4 Å². The molecule has 0 unspecified atom stereocenters. The molecule has 0 radical (unpaired) electrons. The first-order valence-corrected chi connectivity index (χ1v) is 9.48.